The van der Waals surface area contributed by atoms with E-state index in [9.17, 15) is 0 Å². The van der Waals surface area contributed by atoms with Gasteiger partial charge in [0.25, 0.3) is 0 Å². The molecule has 4 nitrogen and oxygen atoms in total. The lowest BCUT2D eigenvalue weighted by molar-refractivity contribution is 0.104. The van der Waals surface area contributed by atoms with Gasteiger partial charge in [0.05, 0.1) is 12.3 Å². The van der Waals surface area contributed by atoms with Crippen molar-refractivity contribution >= 4 is 11.5 Å². The lowest BCUT2D eigenvalue weighted by Crippen LogP contribution is -2.23. The number of nitrogens with zero attached hydrogens (tertiary/aromatic N) is 2. The van der Waals surface area contributed by atoms with E-state index in [0.717, 1.165) is 37.8 Å². The average Bonchev–Trinajstić information content (AvgIpc) is 2.68. The minimum absolute atomic E-state index is 0.580. The van der Waals surface area contributed by atoms with Crippen LogP contribution in [-0.4, -0.2) is 31.3 Å². The number of nitrogens with two attached hydrogens (primary N) is 1. The molecule has 0 bridgehead atoms. The summed E-state index contributed by atoms with van der Waals surface area (Å²) in [5, 5.41) is 0. The zero-order valence-electron chi connectivity index (χ0n) is 10.6. The summed E-state index contributed by atoms with van der Waals surface area (Å²) >= 11 is 0. The first-order valence-corrected chi connectivity index (χ1v) is 6.25. The first kappa shape index (κ1) is 12.2. The normalized spacial score (nSPS) is 24.2. The van der Waals surface area contributed by atoms with Gasteiger partial charge < -0.3 is 15.4 Å². The molecule has 1 fully saturated rings. The summed E-state index contributed by atoms with van der Waals surface area (Å²) in [5.41, 5.74) is 6.72. The number of aromatic nitrogens is 1. The molecule has 0 aromatic carbocycles. The van der Waals surface area contributed by atoms with Crippen LogP contribution in [0.1, 0.15) is 13.8 Å². The van der Waals surface area contributed by atoms with E-state index in [4.69, 9.17) is 10.5 Å². The molecule has 0 spiro atoms. The van der Waals surface area contributed by atoms with E-state index in [1.807, 2.05) is 19.1 Å². The van der Waals surface area contributed by atoms with Gasteiger partial charge in [-0.15, -0.1) is 0 Å². The number of hydrogen-bond acceptors (Lipinski definition) is 4. The van der Waals surface area contributed by atoms with Gasteiger partial charge in [-0.05, 0) is 25.0 Å². The fraction of sp³-hybridized carbons (Fsp3) is 0.615. The molecule has 4 heteroatoms. The van der Waals surface area contributed by atoms with Crippen molar-refractivity contribution in [2.24, 2.45) is 11.8 Å². The van der Waals surface area contributed by atoms with E-state index >= 15 is 0 Å². The third kappa shape index (κ3) is 2.69. The highest BCUT2D eigenvalue weighted by molar-refractivity contribution is 5.62. The SMILES string of the molecule is CCOC[C@H]1CN(c2ncccc2N)C[C@@H]1C. The van der Waals surface area contributed by atoms with Crippen LogP contribution in [0, 0.1) is 11.8 Å². The van der Waals surface area contributed by atoms with Crippen LogP contribution in [0.25, 0.3) is 0 Å². The smallest absolute Gasteiger partial charge is 0.151 e. The van der Waals surface area contributed by atoms with E-state index in [2.05, 4.69) is 16.8 Å². The van der Waals surface area contributed by atoms with E-state index in [-0.39, 0.29) is 0 Å². The topological polar surface area (TPSA) is 51.4 Å². The van der Waals surface area contributed by atoms with E-state index in [0.29, 0.717) is 11.8 Å². The molecule has 94 valence electrons. The molecule has 1 aliphatic heterocycles. The van der Waals surface area contributed by atoms with Gasteiger partial charge in [0, 0.05) is 31.8 Å². The molecule has 0 saturated carbocycles. The minimum Gasteiger partial charge on any atom is -0.396 e. The van der Waals surface area contributed by atoms with Crippen LogP contribution in [0.5, 0.6) is 0 Å². The molecular weight excluding hydrogens is 214 g/mol. The van der Waals surface area contributed by atoms with Crippen LogP contribution in [0.3, 0.4) is 0 Å². The maximum absolute atomic E-state index is 5.96. The molecular formula is C13H21N3O. The van der Waals surface area contributed by atoms with Crippen LogP contribution in [0.4, 0.5) is 11.5 Å². The average molecular weight is 235 g/mol. The summed E-state index contributed by atoms with van der Waals surface area (Å²) in [6, 6.07) is 3.78. The van der Waals surface area contributed by atoms with Crippen LogP contribution < -0.4 is 10.6 Å². The van der Waals surface area contributed by atoms with Crippen molar-refractivity contribution < 1.29 is 4.74 Å². The Bertz CT molecular complexity index is 369. The molecule has 0 unspecified atom stereocenters. The van der Waals surface area contributed by atoms with Crippen molar-refractivity contribution in [2.75, 3.05) is 36.9 Å². The number of anilines is 2. The van der Waals surface area contributed by atoms with E-state index < -0.39 is 0 Å². The van der Waals surface area contributed by atoms with Crippen molar-refractivity contribution in [1.29, 1.82) is 0 Å². The van der Waals surface area contributed by atoms with Crippen molar-refractivity contribution in [3.63, 3.8) is 0 Å². The predicted octanol–water partition coefficient (Wildman–Crippen LogP) is 1.77. The summed E-state index contributed by atoms with van der Waals surface area (Å²) in [5.74, 6) is 2.12. The van der Waals surface area contributed by atoms with Crippen LogP contribution in [0.2, 0.25) is 0 Å². The van der Waals surface area contributed by atoms with Gasteiger partial charge >= 0.3 is 0 Å². The second-order valence-corrected chi connectivity index (χ2v) is 4.72. The highest BCUT2D eigenvalue weighted by Crippen LogP contribution is 2.29. The Balaban J connectivity index is 2.03. The Labute approximate surface area is 103 Å². The Morgan fingerprint density at radius 2 is 2.35 bits per heavy atom. The number of ether oxygens (including phenoxy) is 1. The molecule has 1 aromatic rings. The maximum atomic E-state index is 5.96. The molecule has 0 aliphatic carbocycles. The number of hydrogen-bond donors (Lipinski definition) is 1. The Morgan fingerprint density at radius 3 is 3.06 bits per heavy atom. The number of rotatable bonds is 4. The Morgan fingerprint density at radius 1 is 1.53 bits per heavy atom. The summed E-state index contributed by atoms with van der Waals surface area (Å²) in [4.78, 5) is 6.64. The second-order valence-electron chi connectivity index (χ2n) is 4.72. The van der Waals surface area contributed by atoms with Gasteiger partial charge in [0.15, 0.2) is 5.82 Å². The first-order valence-electron chi connectivity index (χ1n) is 6.25. The molecule has 2 rings (SSSR count). The van der Waals surface area contributed by atoms with E-state index in [1.165, 1.54) is 0 Å². The van der Waals surface area contributed by atoms with Crippen LogP contribution in [0.15, 0.2) is 18.3 Å². The molecule has 2 N–H and O–H groups in total. The van der Waals surface area contributed by atoms with Crippen molar-refractivity contribution in [3.8, 4) is 0 Å². The highest BCUT2D eigenvalue weighted by atomic mass is 16.5. The molecule has 1 saturated heterocycles. The van der Waals surface area contributed by atoms with Crippen molar-refractivity contribution in [3.05, 3.63) is 18.3 Å². The lowest BCUT2D eigenvalue weighted by atomic mass is 9.99. The van der Waals surface area contributed by atoms with Gasteiger partial charge in [-0.2, -0.15) is 0 Å². The molecule has 2 atom stereocenters. The molecule has 0 amide bonds. The standard InChI is InChI=1S/C13H21N3O/c1-3-17-9-11-8-16(7-10(11)2)13-12(14)5-4-6-15-13/h4-6,10-11H,3,7-9,14H2,1-2H3/t10-,11+/m0/s1. The van der Waals surface area contributed by atoms with Gasteiger partial charge in [-0.3, -0.25) is 0 Å². The van der Waals surface area contributed by atoms with Gasteiger partial charge in [-0.25, -0.2) is 4.98 Å². The molecule has 1 aliphatic rings. The third-order valence-electron chi connectivity index (χ3n) is 3.42. The molecule has 0 radical (unpaired) electrons. The molecule has 17 heavy (non-hydrogen) atoms. The largest absolute Gasteiger partial charge is 0.396 e. The quantitative estimate of drug-likeness (QED) is 0.864. The number of pyridine rings is 1. The molecule has 2 heterocycles. The van der Waals surface area contributed by atoms with Gasteiger partial charge in [-0.1, -0.05) is 6.92 Å². The summed E-state index contributed by atoms with van der Waals surface area (Å²) in [7, 11) is 0. The lowest BCUT2D eigenvalue weighted by Gasteiger charge is -2.18. The van der Waals surface area contributed by atoms with Gasteiger partial charge in [0.2, 0.25) is 0 Å². The summed E-state index contributed by atoms with van der Waals surface area (Å²) < 4.78 is 5.52. The Kier molecular flexibility index (Phi) is 3.84. The predicted molar refractivity (Wildman–Crippen MR) is 70.0 cm³/mol. The van der Waals surface area contributed by atoms with Gasteiger partial charge in [0.1, 0.15) is 0 Å². The summed E-state index contributed by atoms with van der Waals surface area (Å²) in [6.07, 6.45) is 1.80. The zero-order valence-corrected chi connectivity index (χ0v) is 10.6. The fourth-order valence-corrected chi connectivity index (χ4v) is 2.37. The first-order chi connectivity index (χ1) is 8.22. The van der Waals surface area contributed by atoms with Crippen LogP contribution >= 0.6 is 0 Å². The zero-order chi connectivity index (χ0) is 12.3. The Hall–Kier alpha value is -1.29. The van der Waals surface area contributed by atoms with Crippen LogP contribution in [-0.2, 0) is 4.74 Å². The monoisotopic (exact) mass is 235 g/mol. The second kappa shape index (κ2) is 5.36. The minimum atomic E-state index is 0.580. The van der Waals surface area contributed by atoms with Crippen molar-refractivity contribution in [2.45, 2.75) is 13.8 Å². The summed E-state index contributed by atoms with van der Waals surface area (Å²) in [6.45, 7) is 7.92. The maximum Gasteiger partial charge on any atom is 0.151 e. The number of nitrogen functional groups attached to an aromatic ring is 1. The van der Waals surface area contributed by atoms with Crippen molar-refractivity contribution in [1.82, 2.24) is 4.98 Å². The highest BCUT2D eigenvalue weighted by Gasteiger charge is 2.30. The van der Waals surface area contributed by atoms with E-state index in [1.54, 1.807) is 6.20 Å². The fourth-order valence-electron chi connectivity index (χ4n) is 2.37. The third-order valence-corrected chi connectivity index (χ3v) is 3.42. The molecule has 1 aromatic heterocycles.